The lowest BCUT2D eigenvalue weighted by molar-refractivity contribution is 0.0527. The smallest absolute Gasteiger partial charge is 0.254 e. The van der Waals surface area contributed by atoms with Gasteiger partial charge in [-0.2, -0.15) is 0 Å². The molecule has 0 unspecified atom stereocenters. The molecular weight excluding hydrogens is 290 g/mol. The summed E-state index contributed by atoms with van der Waals surface area (Å²) in [5, 5.41) is 0. The molecule has 3 rings (SSSR count). The number of carbonyl (C=O) groups excluding carboxylic acids is 1. The first-order valence-corrected chi connectivity index (χ1v) is 8.01. The van der Waals surface area contributed by atoms with Gasteiger partial charge in [0.15, 0.2) is 0 Å². The average Bonchev–Trinajstić information content (AvgIpc) is 3.00. The molecule has 6 heteroatoms. The Balaban J connectivity index is 1.84. The molecule has 122 valence electrons. The van der Waals surface area contributed by atoms with Crippen LogP contribution >= 0.6 is 0 Å². The lowest BCUT2D eigenvalue weighted by Crippen LogP contribution is -2.49. The number of piperazine rings is 1. The Bertz CT molecular complexity index is 696. The quantitative estimate of drug-likeness (QED) is 0.862. The van der Waals surface area contributed by atoms with Crippen molar-refractivity contribution in [2.45, 2.75) is 19.4 Å². The number of carbonyl (C=O) groups is 1. The fourth-order valence-corrected chi connectivity index (χ4v) is 3.12. The van der Waals surface area contributed by atoms with Gasteiger partial charge in [-0.05, 0) is 25.1 Å². The van der Waals surface area contributed by atoms with E-state index in [1.807, 2.05) is 35.0 Å². The zero-order chi connectivity index (χ0) is 16.4. The molecule has 0 saturated carbocycles. The van der Waals surface area contributed by atoms with Crippen molar-refractivity contribution in [2.24, 2.45) is 7.05 Å². The highest BCUT2D eigenvalue weighted by Crippen LogP contribution is 2.24. The Morgan fingerprint density at radius 3 is 2.83 bits per heavy atom. The molecular formula is C17H23N5O. The molecule has 1 aliphatic rings. The lowest BCUT2D eigenvalue weighted by Gasteiger charge is -2.39. The molecule has 1 saturated heterocycles. The van der Waals surface area contributed by atoms with Crippen LogP contribution in [-0.2, 0) is 13.5 Å². The number of imidazole rings is 1. The van der Waals surface area contributed by atoms with E-state index in [1.165, 1.54) is 0 Å². The highest BCUT2D eigenvalue weighted by Gasteiger charge is 2.31. The first-order chi connectivity index (χ1) is 11.1. The van der Waals surface area contributed by atoms with Crippen LogP contribution in [0.3, 0.4) is 0 Å². The molecule has 23 heavy (non-hydrogen) atoms. The van der Waals surface area contributed by atoms with E-state index in [9.17, 15) is 4.79 Å². The van der Waals surface area contributed by atoms with E-state index >= 15 is 0 Å². The van der Waals surface area contributed by atoms with Crippen LogP contribution < -0.4 is 0 Å². The summed E-state index contributed by atoms with van der Waals surface area (Å²) < 4.78 is 2.03. The normalized spacial score (nSPS) is 19.1. The lowest BCUT2D eigenvalue weighted by atomic mass is 10.1. The van der Waals surface area contributed by atoms with Crippen molar-refractivity contribution in [3.63, 3.8) is 0 Å². The number of hydrogen-bond donors (Lipinski definition) is 0. The Morgan fingerprint density at radius 1 is 1.30 bits per heavy atom. The molecule has 2 aromatic heterocycles. The molecule has 0 radical (unpaired) electrons. The third-order valence-electron chi connectivity index (χ3n) is 4.61. The second-order valence-electron chi connectivity index (χ2n) is 6.03. The second-order valence-corrected chi connectivity index (χ2v) is 6.03. The van der Waals surface area contributed by atoms with Crippen LogP contribution in [0.25, 0.3) is 0 Å². The van der Waals surface area contributed by atoms with Gasteiger partial charge in [0.2, 0.25) is 0 Å². The molecule has 1 fully saturated rings. The Hall–Kier alpha value is -2.21. The predicted molar refractivity (Wildman–Crippen MR) is 88.1 cm³/mol. The zero-order valence-electron chi connectivity index (χ0n) is 13.9. The number of pyridine rings is 1. The van der Waals surface area contributed by atoms with Crippen LogP contribution in [0.1, 0.15) is 34.7 Å². The maximum absolute atomic E-state index is 12.9. The van der Waals surface area contributed by atoms with Gasteiger partial charge in [0, 0.05) is 57.0 Å². The van der Waals surface area contributed by atoms with Gasteiger partial charge in [-0.15, -0.1) is 0 Å². The van der Waals surface area contributed by atoms with Gasteiger partial charge in [-0.25, -0.2) is 4.98 Å². The molecule has 0 N–H and O–H groups in total. The minimum Gasteiger partial charge on any atom is -0.337 e. The highest BCUT2D eigenvalue weighted by atomic mass is 16.2. The average molecular weight is 313 g/mol. The topological polar surface area (TPSA) is 54.3 Å². The number of aromatic nitrogens is 3. The van der Waals surface area contributed by atoms with Crippen LogP contribution in [0.5, 0.6) is 0 Å². The van der Waals surface area contributed by atoms with E-state index in [0.29, 0.717) is 6.54 Å². The van der Waals surface area contributed by atoms with Crippen molar-refractivity contribution < 1.29 is 4.79 Å². The molecule has 6 nitrogen and oxygen atoms in total. The minimum absolute atomic E-state index is 0.0940. The maximum Gasteiger partial charge on any atom is 0.254 e. The first-order valence-electron chi connectivity index (χ1n) is 8.01. The second kappa shape index (κ2) is 6.50. The zero-order valence-corrected chi connectivity index (χ0v) is 13.9. The first kappa shape index (κ1) is 15.7. The van der Waals surface area contributed by atoms with E-state index in [4.69, 9.17) is 0 Å². The Morgan fingerprint density at radius 2 is 2.13 bits per heavy atom. The minimum atomic E-state index is 0.0940. The van der Waals surface area contributed by atoms with Crippen molar-refractivity contribution in [1.29, 1.82) is 0 Å². The van der Waals surface area contributed by atoms with E-state index in [0.717, 1.165) is 36.5 Å². The summed E-state index contributed by atoms with van der Waals surface area (Å²) in [6.45, 7) is 4.29. The largest absolute Gasteiger partial charge is 0.337 e. The molecule has 0 aromatic carbocycles. The SMILES string of the molecule is CCc1cnccc1C(=O)N1CCN(C)[C@@H](c2nccn2C)C1. The van der Waals surface area contributed by atoms with E-state index in [-0.39, 0.29) is 11.9 Å². The van der Waals surface area contributed by atoms with Crippen molar-refractivity contribution in [3.05, 3.63) is 47.8 Å². The molecule has 2 aromatic rings. The van der Waals surface area contributed by atoms with Crippen LogP contribution in [0.15, 0.2) is 30.9 Å². The van der Waals surface area contributed by atoms with Crippen LogP contribution in [0, 0.1) is 0 Å². The van der Waals surface area contributed by atoms with Crippen molar-refractivity contribution in [3.8, 4) is 0 Å². The fourth-order valence-electron chi connectivity index (χ4n) is 3.12. The third-order valence-corrected chi connectivity index (χ3v) is 4.61. The number of nitrogens with zero attached hydrogens (tertiary/aromatic N) is 5. The van der Waals surface area contributed by atoms with Crippen LogP contribution in [0.2, 0.25) is 0 Å². The summed E-state index contributed by atoms with van der Waals surface area (Å²) in [4.78, 5) is 25.7. The number of aryl methyl sites for hydroxylation is 2. The third kappa shape index (κ3) is 2.99. The number of amides is 1. The Labute approximate surface area is 136 Å². The number of likely N-dealkylation sites (N-methyl/N-ethyl adjacent to an activating group) is 1. The van der Waals surface area contributed by atoms with Gasteiger partial charge in [-0.1, -0.05) is 6.92 Å². The van der Waals surface area contributed by atoms with Crippen LogP contribution in [0.4, 0.5) is 0 Å². The molecule has 1 aliphatic heterocycles. The molecule has 0 aliphatic carbocycles. The molecule has 0 spiro atoms. The van der Waals surface area contributed by atoms with Gasteiger partial charge in [0.1, 0.15) is 5.82 Å². The monoisotopic (exact) mass is 313 g/mol. The maximum atomic E-state index is 12.9. The summed E-state index contributed by atoms with van der Waals surface area (Å²) >= 11 is 0. The van der Waals surface area contributed by atoms with E-state index < -0.39 is 0 Å². The van der Waals surface area contributed by atoms with Gasteiger partial charge in [0.25, 0.3) is 5.91 Å². The van der Waals surface area contributed by atoms with E-state index in [1.54, 1.807) is 12.4 Å². The fraction of sp³-hybridized carbons (Fsp3) is 0.471. The summed E-state index contributed by atoms with van der Waals surface area (Å²) in [5.74, 6) is 1.09. The van der Waals surface area contributed by atoms with Gasteiger partial charge < -0.3 is 9.47 Å². The molecule has 3 heterocycles. The van der Waals surface area contributed by atoms with Crippen molar-refractivity contribution >= 4 is 5.91 Å². The summed E-state index contributed by atoms with van der Waals surface area (Å²) in [7, 11) is 4.08. The standard InChI is InChI=1S/C17H23N5O/c1-4-13-11-18-6-5-14(13)17(23)22-10-9-20(2)15(12-22)16-19-7-8-21(16)3/h5-8,11,15H,4,9-10,12H2,1-3H3/t15-/m1/s1. The predicted octanol–water partition coefficient (Wildman–Crippen LogP) is 1.51. The van der Waals surface area contributed by atoms with Gasteiger partial charge >= 0.3 is 0 Å². The van der Waals surface area contributed by atoms with Gasteiger partial charge in [0.05, 0.1) is 6.04 Å². The van der Waals surface area contributed by atoms with E-state index in [2.05, 4.69) is 28.8 Å². The van der Waals surface area contributed by atoms with Crippen molar-refractivity contribution in [1.82, 2.24) is 24.3 Å². The molecule has 1 amide bonds. The summed E-state index contributed by atoms with van der Waals surface area (Å²) in [6, 6.07) is 1.95. The Kier molecular flexibility index (Phi) is 4.43. The molecule has 0 bridgehead atoms. The highest BCUT2D eigenvalue weighted by molar-refractivity contribution is 5.95. The number of hydrogen-bond acceptors (Lipinski definition) is 4. The number of rotatable bonds is 3. The van der Waals surface area contributed by atoms with Gasteiger partial charge in [-0.3, -0.25) is 14.7 Å². The van der Waals surface area contributed by atoms with Crippen molar-refractivity contribution in [2.75, 3.05) is 26.7 Å². The molecule has 1 atom stereocenters. The summed E-state index contributed by atoms with van der Waals surface area (Å²) in [5.41, 5.74) is 1.77. The van der Waals surface area contributed by atoms with Crippen LogP contribution in [-0.4, -0.2) is 56.9 Å². The summed E-state index contributed by atoms with van der Waals surface area (Å²) in [6.07, 6.45) is 8.05.